The predicted molar refractivity (Wildman–Crippen MR) is 81.2 cm³/mol. The molecule has 0 radical (unpaired) electrons. The standard InChI is InChI=1S/C17H21NO3/c1-11(2)17(20)10-13-7-8-14-5-4-6-16(15(14)9-13)18-21-12(3)19/h7-9,11H,4-6,10H2,1-3H3/b18-16-. The molecule has 0 heterocycles. The van der Waals surface area contributed by atoms with E-state index in [1.807, 2.05) is 26.0 Å². The van der Waals surface area contributed by atoms with E-state index in [9.17, 15) is 9.59 Å². The SMILES string of the molecule is CC(=O)O/N=C1/CCCc2ccc(CC(=O)C(C)C)cc21. The molecular weight excluding hydrogens is 266 g/mol. The van der Waals surface area contributed by atoms with Gasteiger partial charge in [0.2, 0.25) is 0 Å². The summed E-state index contributed by atoms with van der Waals surface area (Å²) in [5, 5.41) is 3.96. The number of hydrogen-bond acceptors (Lipinski definition) is 4. The van der Waals surface area contributed by atoms with E-state index in [0.717, 1.165) is 36.1 Å². The summed E-state index contributed by atoms with van der Waals surface area (Å²) in [6.07, 6.45) is 3.22. The number of carbonyl (C=O) groups excluding carboxylic acids is 2. The molecule has 2 rings (SSSR count). The molecule has 1 aromatic rings. The van der Waals surface area contributed by atoms with Gasteiger partial charge in [-0.2, -0.15) is 0 Å². The van der Waals surface area contributed by atoms with Crippen LogP contribution in [0, 0.1) is 5.92 Å². The topological polar surface area (TPSA) is 55.7 Å². The second-order valence-corrected chi connectivity index (χ2v) is 5.76. The fourth-order valence-corrected chi connectivity index (χ4v) is 2.42. The van der Waals surface area contributed by atoms with E-state index in [1.54, 1.807) is 0 Å². The number of nitrogens with zero attached hydrogens (tertiary/aromatic N) is 1. The van der Waals surface area contributed by atoms with Crippen LogP contribution in [0.2, 0.25) is 0 Å². The van der Waals surface area contributed by atoms with Gasteiger partial charge >= 0.3 is 5.97 Å². The largest absolute Gasteiger partial charge is 0.331 e. The van der Waals surface area contributed by atoms with Gasteiger partial charge in [-0.25, -0.2) is 4.79 Å². The van der Waals surface area contributed by atoms with Gasteiger partial charge in [0.25, 0.3) is 0 Å². The van der Waals surface area contributed by atoms with Crippen LogP contribution in [0.15, 0.2) is 23.4 Å². The molecule has 0 amide bonds. The smallest absolute Gasteiger partial charge is 0.318 e. The van der Waals surface area contributed by atoms with E-state index in [-0.39, 0.29) is 11.7 Å². The van der Waals surface area contributed by atoms with Crippen LogP contribution in [0.4, 0.5) is 0 Å². The van der Waals surface area contributed by atoms with Crippen LogP contribution < -0.4 is 0 Å². The van der Waals surface area contributed by atoms with Crippen molar-refractivity contribution in [3.63, 3.8) is 0 Å². The normalized spacial score (nSPS) is 15.9. The van der Waals surface area contributed by atoms with E-state index < -0.39 is 5.97 Å². The molecule has 112 valence electrons. The Balaban J connectivity index is 2.27. The van der Waals surface area contributed by atoms with Crippen LogP contribution in [-0.2, 0) is 27.3 Å². The Hall–Kier alpha value is -1.97. The van der Waals surface area contributed by atoms with Crippen LogP contribution in [0.5, 0.6) is 0 Å². The summed E-state index contributed by atoms with van der Waals surface area (Å²) in [5.41, 5.74) is 4.00. The summed E-state index contributed by atoms with van der Waals surface area (Å²) < 4.78 is 0. The Labute approximate surface area is 125 Å². The zero-order chi connectivity index (χ0) is 15.4. The van der Waals surface area contributed by atoms with Crippen LogP contribution in [0.1, 0.15) is 50.3 Å². The fourth-order valence-electron chi connectivity index (χ4n) is 2.42. The number of hydrogen-bond donors (Lipinski definition) is 0. The Morgan fingerprint density at radius 2 is 2.05 bits per heavy atom. The summed E-state index contributed by atoms with van der Waals surface area (Å²) in [6.45, 7) is 5.16. The molecule has 1 aliphatic carbocycles. The van der Waals surface area contributed by atoms with Gasteiger partial charge in [0.05, 0.1) is 5.71 Å². The van der Waals surface area contributed by atoms with Crippen LogP contribution in [0.3, 0.4) is 0 Å². The Morgan fingerprint density at radius 3 is 2.71 bits per heavy atom. The first-order valence-electron chi connectivity index (χ1n) is 7.36. The monoisotopic (exact) mass is 287 g/mol. The van der Waals surface area contributed by atoms with Gasteiger partial charge in [0.1, 0.15) is 5.78 Å². The Kier molecular flexibility index (Phi) is 4.89. The zero-order valence-electron chi connectivity index (χ0n) is 12.8. The summed E-state index contributed by atoms with van der Waals surface area (Å²) in [5.74, 6) is -0.153. The zero-order valence-corrected chi connectivity index (χ0v) is 12.8. The van der Waals surface area contributed by atoms with Crippen molar-refractivity contribution in [2.75, 3.05) is 0 Å². The third kappa shape index (κ3) is 4.00. The van der Waals surface area contributed by atoms with E-state index in [2.05, 4.69) is 11.2 Å². The fraction of sp³-hybridized carbons (Fsp3) is 0.471. The molecule has 4 nitrogen and oxygen atoms in total. The molecular formula is C17H21NO3. The van der Waals surface area contributed by atoms with Gasteiger partial charge in [-0.15, -0.1) is 0 Å². The maximum Gasteiger partial charge on any atom is 0.331 e. The van der Waals surface area contributed by atoms with E-state index in [0.29, 0.717) is 6.42 Å². The summed E-state index contributed by atoms with van der Waals surface area (Å²) in [7, 11) is 0. The van der Waals surface area contributed by atoms with Gasteiger partial charge in [0.15, 0.2) is 0 Å². The minimum absolute atomic E-state index is 0.0372. The quantitative estimate of drug-likeness (QED) is 0.631. The number of benzene rings is 1. The van der Waals surface area contributed by atoms with Crippen LogP contribution >= 0.6 is 0 Å². The van der Waals surface area contributed by atoms with Crippen molar-refractivity contribution in [2.24, 2.45) is 11.1 Å². The molecule has 0 saturated heterocycles. The average molecular weight is 287 g/mol. The van der Waals surface area contributed by atoms with Crippen molar-refractivity contribution in [3.05, 3.63) is 34.9 Å². The van der Waals surface area contributed by atoms with Gasteiger partial charge in [0, 0.05) is 24.8 Å². The number of ketones is 1. The maximum absolute atomic E-state index is 11.9. The molecule has 0 unspecified atom stereocenters. The van der Waals surface area contributed by atoms with Crippen molar-refractivity contribution in [2.45, 2.75) is 46.5 Å². The highest BCUT2D eigenvalue weighted by atomic mass is 16.7. The molecule has 0 N–H and O–H groups in total. The first-order valence-corrected chi connectivity index (χ1v) is 7.36. The third-order valence-electron chi connectivity index (χ3n) is 3.65. The molecule has 21 heavy (non-hydrogen) atoms. The number of rotatable bonds is 4. The van der Waals surface area contributed by atoms with Crippen molar-refractivity contribution in [1.29, 1.82) is 0 Å². The minimum Gasteiger partial charge on any atom is -0.318 e. The number of fused-ring (bicyclic) bond motifs is 1. The second kappa shape index (κ2) is 6.66. The Morgan fingerprint density at radius 1 is 1.29 bits per heavy atom. The highest BCUT2D eigenvalue weighted by Crippen LogP contribution is 2.24. The van der Waals surface area contributed by atoms with Crippen LogP contribution in [0.25, 0.3) is 0 Å². The molecule has 0 atom stereocenters. The van der Waals surface area contributed by atoms with Crippen molar-refractivity contribution in [1.82, 2.24) is 0 Å². The molecule has 0 aliphatic heterocycles. The Bertz CT molecular complexity index is 588. The van der Waals surface area contributed by atoms with Gasteiger partial charge < -0.3 is 4.84 Å². The number of carbonyl (C=O) groups is 2. The van der Waals surface area contributed by atoms with Crippen molar-refractivity contribution < 1.29 is 14.4 Å². The molecule has 4 heteroatoms. The maximum atomic E-state index is 11.9. The van der Waals surface area contributed by atoms with Gasteiger partial charge in [-0.1, -0.05) is 31.1 Å². The lowest BCUT2D eigenvalue weighted by atomic mass is 9.87. The predicted octanol–water partition coefficient (Wildman–Crippen LogP) is 3.06. The van der Waals surface area contributed by atoms with Crippen molar-refractivity contribution in [3.8, 4) is 0 Å². The summed E-state index contributed by atoms with van der Waals surface area (Å²) >= 11 is 0. The summed E-state index contributed by atoms with van der Waals surface area (Å²) in [6, 6.07) is 6.08. The highest BCUT2D eigenvalue weighted by molar-refractivity contribution is 6.03. The highest BCUT2D eigenvalue weighted by Gasteiger charge is 2.18. The average Bonchev–Trinajstić information content (AvgIpc) is 2.44. The number of oxime groups is 1. The molecule has 0 saturated carbocycles. The van der Waals surface area contributed by atoms with E-state index >= 15 is 0 Å². The number of aryl methyl sites for hydroxylation is 1. The number of Topliss-reactive ketones (excluding diaryl/α,β-unsaturated/α-hetero) is 1. The van der Waals surface area contributed by atoms with Gasteiger partial charge in [-0.05, 0) is 36.5 Å². The molecule has 1 aliphatic rings. The summed E-state index contributed by atoms with van der Waals surface area (Å²) in [4.78, 5) is 27.6. The molecule has 1 aromatic carbocycles. The molecule has 0 fully saturated rings. The van der Waals surface area contributed by atoms with Gasteiger partial charge in [-0.3, -0.25) is 4.79 Å². The van der Waals surface area contributed by atoms with Crippen LogP contribution in [-0.4, -0.2) is 17.5 Å². The minimum atomic E-state index is -0.416. The molecule has 0 bridgehead atoms. The third-order valence-corrected chi connectivity index (χ3v) is 3.65. The first kappa shape index (κ1) is 15.4. The lowest BCUT2D eigenvalue weighted by molar-refractivity contribution is -0.141. The van der Waals surface area contributed by atoms with Crippen molar-refractivity contribution >= 4 is 17.5 Å². The second-order valence-electron chi connectivity index (χ2n) is 5.76. The van der Waals surface area contributed by atoms with E-state index in [1.165, 1.54) is 12.5 Å². The molecule has 0 aromatic heterocycles. The molecule has 0 spiro atoms. The first-order chi connectivity index (χ1) is 9.97. The lowest BCUT2D eigenvalue weighted by Gasteiger charge is -2.18. The van der Waals surface area contributed by atoms with E-state index in [4.69, 9.17) is 4.84 Å². The lowest BCUT2D eigenvalue weighted by Crippen LogP contribution is -2.15.